The quantitative estimate of drug-likeness (QED) is 0.570. The van der Waals surface area contributed by atoms with Gasteiger partial charge in [0.1, 0.15) is 5.54 Å². The van der Waals surface area contributed by atoms with Crippen LogP contribution in [0.25, 0.3) is 0 Å². The van der Waals surface area contributed by atoms with Crippen LogP contribution in [0.5, 0.6) is 0 Å². The first-order valence-corrected chi connectivity index (χ1v) is 4.80. The van der Waals surface area contributed by atoms with E-state index in [2.05, 4.69) is 10.6 Å². The van der Waals surface area contributed by atoms with Gasteiger partial charge in [-0.3, -0.25) is 4.79 Å². The monoisotopic (exact) mass is 212 g/mol. The van der Waals surface area contributed by atoms with Crippen LogP contribution in [0.4, 0.5) is 0 Å². The first-order valence-electron chi connectivity index (χ1n) is 4.80. The van der Waals surface area contributed by atoms with E-state index in [0.717, 1.165) is 5.57 Å². The van der Waals surface area contributed by atoms with Gasteiger partial charge in [-0.1, -0.05) is 0 Å². The highest BCUT2D eigenvalue weighted by atomic mass is 16.4. The van der Waals surface area contributed by atoms with E-state index in [1.54, 1.807) is 6.92 Å². The third-order valence-electron chi connectivity index (χ3n) is 2.51. The fourth-order valence-electron chi connectivity index (χ4n) is 1.11. The lowest BCUT2D eigenvalue weighted by atomic mass is 10.0. The molecule has 0 aromatic heterocycles. The van der Waals surface area contributed by atoms with Gasteiger partial charge in [0.2, 0.25) is 5.91 Å². The molecule has 0 aromatic rings. The summed E-state index contributed by atoms with van der Waals surface area (Å²) in [5.74, 6) is -1.35. The van der Waals surface area contributed by atoms with Crippen molar-refractivity contribution >= 4 is 11.9 Å². The number of carbonyl (C=O) groups excluding carboxylic acids is 1. The van der Waals surface area contributed by atoms with Crippen molar-refractivity contribution in [3.63, 3.8) is 0 Å². The van der Waals surface area contributed by atoms with Gasteiger partial charge in [0.15, 0.2) is 0 Å². The largest absolute Gasteiger partial charge is 0.480 e. The lowest BCUT2D eigenvalue weighted by molar-refractivity contribution is -0.145. The summed E-state index contributed by atoms with van der Waals surface area (Å²) in [6.45, 7) is 6.07. The molecule has 5 nitrogen and oxygen atoms in total. The molecule has 0 atom stereocenters. The van der Waals surface area contributed by atoms with E-state index in [0.29, 0.717) is 18.7 Å². The van der Waals surface area contributed by atoms with Crippen molar-refractivity contribution in [2.45, 2.75) is 26.3 Å². The van der Waals surface area contributed by atoms with E-state index in [4.69, 9.17) is 5.11 Å². The third-order valence-corrected chi connectivity index (χ3v) is 2.51. The SMILES string of the molecule is CC(C(=O)NC(C)(C)C(=O)O)=C1CNC1. The predicted octanol–water partition coefficient (Wildman–Crippen LogP) is -0.114. The molecule has 0 saturated carbocycles. The molecule has 0 aromatic carbocycles. The molecule has 0 aliphatic carbocycles. The number of aliphatic carboxylic acids is 1. The highest BCUT2D eigenvalue weighted by Gasteiger charge is 2.30. The summed E-state index contributed by atoms with van der Waals surface area (Å²) in [4.78, 5) is 22.4. The van der Waals surface area contributed by atoms with Gasteiger partial charge < -0.3 is 15.7 Å². The van der Waals surface area contributed by atoms with Crippen molar-refractivity contribution in [3.05, 3.63) is 11.1 Å². The minimum absolute atomic E-state index is 0.307. The average molecular weight is 212 g/mol. The molecule has 0 unspecified atom stereocenters. The lowest BCUT2D eigenvalue weighted by Gasteiger charge is -2.25. The molecule has 0 bridgehead atoms. The van der Waals surface area contributed by atoms with Crippen molar-refractivity contribution in [3.8, 4) is 0 Å². The molecule has 84 valence electrons. The van der Waals surface area contributed by atoms with E-state index in [1.807, 2.05) is 0 Å². The molecule has 1 amide bonds. The van der Waals surface area contributed by atoms with Crippen LogP contribution >= 0.6 is 0 Å². The van der Waals surface area contributed by atoms with Gasteiger partial charge in [0.25, 0.3) is 0 Å². The Morgan fingerprint density at radius 3 is 2.27 bits per heavy atom. The summed E-state index contributed by atoms with van der Waals surface area (Å²) in [6.07, 6.45) is 0. The molecule has 0 spiro atoms. The average Bonchev–Trinajstić information content (AvgIpc) is 1.99. The minimum atomic E-state index is -1.23. The molecule has 1 rings (SSSR count). The van der Waals surface area contributed by atoms with Crippen LogP contribution in [-0.4, -0.2) is 35.6 Å². The molecule has 1 saturated heterocycles. The van der Waals surface area contributed by atoms with Crippen LogP contribution in [0, 0.1) is 0 Å². The summed E-state index contributed by atoms with van der Waals surface area (Å²) in [7, 11) is 0. The first-order chi connectivity index (χ1) is 6.84. The number of nitrogens with one attached hydrogen (secondary N) is 2. The van der Waals surface area contributed by atoms with Crippen molar-refractivity contribution in [1.82, 2.24) is 10.6 Å². The number of carbonyl (C=O) groups is 2. The fraction of sp³-hybridized carbons (Fsp3) is 0.600. The van der Waals surface area contributed by atoms with Crippen LogP contribution < -0.4 is 10.6 Å². The highest BCUT2D eigenvalue weighted by molar-refractivity contribution is 5.97. The Morgan fingerprint density at radius 1 is 1.40 bits per heavy atom. The zero-order valence-corrected chi connectivity index (χ0v) is 9.18. The number of rotatable bonds is 3. The molecular formula is C10H16N2O3. The molecule has 3 N–H and O–H groups in total. The molecule has 5 heteroatoms. The maximum absolute atomic E-state index is 11.6. The van der Waals surface area contributed by atoms with Crippen LogP contribution in [0.2, 0.25) is 0 Å². The molecule has 1 heterocycles. The van der Waals surface area contributed by atoms with Crippen molar-refractivity contribution in [2.75, 3.05) is 13.1 Å². The summed E-state index contributed by atoms with van der Waals surface area (Å²) < 4.78 is 0. The predicted molar refractivity (Wildman–Crippen MR) is 55.4 cm³/mol. The molecule has 1 fully saturated rings. The zero-order chi connectivity index (χ0) is 11.6. The Morgan fingerprint density at radius 2 is 1.93 bits per heavy atom. The number of hydrogen-bond donors (Lipinski definition) is 3. The van der Waals surface area contributed by atoms with Crippen LogP contribution in [0.15, 0.2) is 11.1 Å². The van der Waals surface area contributed by atoms with E-state index < -0.39 is 11.5 Å². The Bertz CT molecular complexity index is 326. The lowest BCUT2D eigenvalue weighted by Crippen LogP contribution is -2.50. The Labute approximate surface area is 88.5 Å². The molecule has 1 aliphatic heterocycles. The number of amides is 1. The first kappa shape index (κ1) is 11.7. The fourth-order valence-corrected chi connectivity index (χ4v) is 1.11. The Hall–Kier alpha value is -1.36. The Balaban J connectivity index is 2.67. The van der Waals surface area contributed by atoms with E-state index in [1.165, 1.54) is 13.8 Å². The second kappa shape index (κ2) is 4.02. The van der Waals surface area contributed by atoms with E-state index in [9.17, 15) is 9.59 Å². The standard InChI is InChI=1S/C10H16N2O3/c1-6(7-4-11-5-7)8(13)12-10(2,3)9(14)15/h11H,4-5H2,1-3H3,(H,12,13)(H,14,15). The maximum atomic E-state index is 11.6. The zero-order valence-electron chi connectivity index (χ0n) is 9.18. The van der Waals surface area contributed by atoms with Crippen molar-refractivity contribution < 1.29 is 14.7 Å². The van der Waals surface area contributed by atoms with Gasteiger partial charge in [-0.05, 0) is 26.3 Å². The second-order valence-corrected chi connectivity index (χ2v) is 4.22. The second-order valence-electron chi connectivity index (χ2n) is 4.22. The summed E-state index contributed by atoms with van der Waals surface area (Å²) >= 11 is 0. The van der Waals surface area contributed by atoms with E-state index in [-0.39, 0.29) is 5.91 Å². The van der Waals surface area contributed by atoms with E-state index >= 15 is 0 Å². The minimum Gasteiger partial charge on any atom is -0.480 e. The number of hydrogen-bond acceptors (Lipinski definition) is 3. The summed E-state index contributed by atoms with van der Waals surface area (Å²) in [5.41, 5.74) is 0.424. The molecule has 0 radical (unpaired) electrons. The van der Waals surface area contributed by atoms with Crippen molar-refractivity contribution in [1.29, 1.82) is 0 Å². The normalized spacial score (nSPS) is 15.5. The highest BCUT2D eigenvalue weighted by Crippen LogP contribution is 2.11. The summed E-state index contributed by atoms with van der Waals surface area (Å²) in [5, 5.41) is 14.3. The van der Waals surface area contributed by atoms with Gasteiger partial charge in [-0.15, -0.1) is 0 Å². The maximum Gasteiger partial charge on any atom is 0.328 e. The van der Waals surface area contributed by atoms with Crippen LogP contribution in [-0.2, 0) is 9.59 Å². The van der Waals surface area contributed by atoms with Crippen molar-refractivity contribution in [2.24, 2.45) is 0 Å². The number of carboxylic acids is 1. The van der Waals surface area contributed by atoms with Gasteiger partial charge in [-0.2, -0.15) is 0 Å². The summed E-state index contributed by atoms with van der Waals surface area (Å²) in [6, 6.07) is 0. The molecule has 15 heavy (non-hydrogen) atoms. The molecule has 1 aliphatic rings. The smallest absolute Gasteiger partial charge is 0.328 e. The Kier molecular flexibility index (Phi) is 3.14. The van der Waals surface area contributed by atoms with Crippen LogP contribution in [0.1, 0.15) is 20.8 Å². The molecular weight excluding hydrogens is 196 g/mol. The van der Waals surface area contributed by atoms with Crippen LogP contribution in [0.3, 0.4) is 0 Å². The van der Waals surface area contributed by atoms with Gasteiger partial charge >= 0.3 is 5.97 Å². The number of carboxylic acid groups (broad SMARTS) is 1. The van der Waals surface area contributed by atoms with Gasteiger partial charge in [0.05, 0.1) is 0 Å². The van der Waals surface area contributed by atoms with Gasteiger partial charge in [-0.25, -0.2) is 4.79 Å². The third kappa shape index (κ3) is 2.56. The van der Waals surface area contributed by atoms with Gasteiger partial charge in [0, 0.05) is 18.7 Å². The topological polar surface area (TPSA) is 78.4 Å².